The van der Waals surface area contributed by atoms with Gasteiger partial charge in [-0.05, 0) is 6.07 Å². The van der Waals surface area contributed by atoms with Crippen molar-refractivity contribution in [3.05, 3.63) is 26.1 Å². The average Bonchev–Trinajstić information content (AvgIpc) is 2.30. The number of aldehydes is 1. The van der Waals surface area contributed by atoms with E-state index in [2.05, 4.69) is 0 Å². The Morgan fingerprint density at radius 2 is 2.36 bits per heavy atom. The van der Waals surface area contributed by atoms with Crippen LogP contribution in [0.1, 0.15) is 9.67 Å². The second-order valence-corrected chi connectivity index (χ2v) is 3.15. The Morgan fingerprint density at radius 1 is 1.73 bits per heavy atom. The molecule has 0 aliphatic carbocycles. The highest BCUT2D eigenvalue weighted by Gasteiger charge is 2.16. The smallest absolute Gasteiger partial charge is 0.297 e. The molecule has 1 aromatic rings. The number of nitro groups is 1. The predicted octanol–water partition coefficient (Wildman–Crippen LogP) is 2.12. The maximum atomic E-state index is 10.2. The molecule has 1 rings (SSSR count). The van der Waals surface area contributed by atoms with Crippen molar-refractivity contribution >= 4 is 34.2 Å². The van der Waals surface area contributed by atoms with Gasteiger partial charge in [-0.3, -0.25) is 14.9 Å². The van der Waals surface area contributed by atoms with E-state index in [1.165, 1.54) is 6.07 Å². The number of hydrogen-bond donors (Lipinski definition) is 0. The van der Waals surface area contributed by atoms with Crippen molar-refractivity contribution in [2.24, 2.45) is 0 Å². The van der Waals surface area contributed by atoms with Gasteiger partial charge in [0, 0.05) is 0 Å². The van der Waals surface area contributed by atoms with Crippen LogP contribution >= 0.6 is 22.9 Å². The minimum absolute atomic E-state index is 0.0158. The fourth-order valence-corrected chi connectivity index (χ4v) is 1.61. The molecule has 1 aromatic heterocycles. The van der Waals surface area contributed by atoms with Crippen LogP contribution in [0.4, 0.5) is 5.00 Å². The highest BCUT2D eigenvalue weighted by molar-refractivity contribution is 7.17. The molecule has 4 nitrogen and oxygen atoms in total. The highest BCUT2D eigenvalue weighted by atomic mass is 35.5. The number of carbonyl (C=O) groups excluding carboxylic acids is 1. The summed E-state index contributed by atoms with van der Waals surface area (Å²) in [5, 5.41) is 10.00. The topological polar surface area (TPSA) is 60.2 Å². The quantitative estimate of drug-likeness (QED) is 0.409. The van der Waals surface area contributed by atoms with Crippen molar-refractivity contribution in [2.45, 2.75) is 0 Å². The maximum Gasteiger partial charge on any atom is 0.343 e. The summed E-state index contributed by atoms with van der Waals surface area (Å²) in [5.74, 6) is 0. The molecule has 0 bridgehead atoms. The summed E-state index contributed by atoms with van der Waals surface area (Å²) in [6, 6.07) is 1.28. The molecule has 1 heterocycles. The summed E-state index contributed by atoms with van der Waals surface area (Å²) in [6.07, 6.45) is 0.531. The molecule has 0 radical (unpaired) electrons. The number of hydrogen-bond acceptors (Lipinski definition) is 4. The molecule has 11 heavy (non-hydrogen) atoms. The van der Waals surface area contributed by atoms with Gasteiger partial charge in [0.25, 0.3) is 0 Å². The van der Waals surface area contributed by atoms with Gasteiger partial charge in [-0.15, -0.1) is 0 Å². The summed E-state index contributed by atoms with van der Waals surface area (Å²) >= 11 is 6.20. The molecule has 0 N–H and O–H groups in total. The predicted molar refractivity (Wildman–Crippen MR) is 41.4 cm³/mol. The molecule has 0 amide bonds. The minimum atomic E-state index is -0.611. The Morgan fingerprint density at radius 3 is 2.64 bits per heavy atom. The van der Waals surface area contributed by atoms with Crippen LogP contribution in [0, 0.1) is 10.1 Å². The molecule has 0 saturated heterocycles. The molecule has 0 saturated carbocycles. The van der Waals surface area contributed by atoms with Gasteiger partial charge in [0.15, 0.2) is 6.29 Å². The Kier molecular flexibility index (Phi) is 2.21. The van der Waals surface area contributed by atoms with Crippen molar-refractivity contribution in [2.75, 3.05) is 0 Å². The van der Waals surface area contributed by atoms with Gasteiger partial charge in [0.2, 0.25) is 0 Å². The molecule has 0 fully saturated rings. The second-order valence-electron chi connectivity index (χ2n) is 1.68. The van der Waals surface area contributed by atoms with E-state index in [0.717, 1.165) is 11.3 Å². The van der Waals surface area contributed by atoms with Crippen LogP contribution in [0.5, 0.6) is 0 Å². The minimum Gasteiger partial charge on any atom is -0.297 e. The zero-order valence-corrected chi connectivity index (χ0v) is 6.69. The lowest BCUT2D eigenvalue weighted by Crippen LogP contribution is -1.82. The number of halogens is 1. The fraction of sp³-hybridized carbons (Fsp3) is 0. The van der Waals surface area contributed by atoms with E-state index < -0.39 is 4.92 Å². The number of thiophene rings is 1. The van der Waals surface area contributed by atoms with E-state index in [9.17, 15) is 14.9 Å². The molecule has 0 aromatic carbocycles. The fourth-order valence-electron chi connectivity index (χ4n) is 0.559. The Bertz CT molecular complexity index is 309. The van der Waals surface area contributed by atoms with Gasteiger partial charge in [0.1, 0.15) is 5.02 Å². The number of rotatable bonds is 2. The van der Waals surface area contributed by atoms with Crippen molar-refractivity contribution in [3.63, 3.8) is 0 Å². The zero-order chi connectivity index (χ0) is 8.43. The van der Waals surface area contributed by atoms with Crippen LogP contribution in [0.15, 0.2) is 6.07 Å². The summed E-state index contributed by atoms with van der Waals surface area (Å²) in [6.45, 7) is 0. The Balaban J connectivity index is 3.16. The van der Waals surface area contributed by atoms with Crippen molar-refractivity contribution in [3.8, 4) is 0 Å². The van der Waals surface area contributed by atoms with Gasteiger partial charge in [-0.2, -0.15) is 0 Å². The monoisotopic (exact) mass is 191 g/mol. The molecular weight excluding hydrogens is 190 g/mol. The first-order chi connectivity index (χ1) is 5.15. The molecule has 0 aliphatic rings. The van der Waals surface area contributed by atoms with E-state index in [1.54, 1.807) is 0 Å². The standard InChI is InChI=1S/C5H2ClNO3S/c6-4-1-3(2-8)11-5(4)7(9)10/h1-2H. The summed E-state index contributed by atoms with van der Waals surface area (Å²) < 4.78 is 0. The second kappa shape index (κ2) is 2.98. The van der Waals surface area contributed by atoms with Crippen LogP contribution in [0.3, 0.4) is 0 Å². The summed E-state index contributed by atoms with van der Waals surface area (Å²) in [5.41, 5.74) is 0. The number of nitrogens with zero attached hydrogens (tertiary/aromatic N) is 1. The average molecular weight is 192 g/mol. The zero-order valence-electron chi connectivity index (χ0n) is 5.11. The highest BCUT2D eigenvalue weighted by Crippen LogP contribution is 2.32. The summed E-state index contributed by atoms with van der Waals surface area (Å²) in [7, 11) is 0. The van der Waals surface area contributed by atoms with Gasteiger partial charge in [0.05, 0.1) is 9.80 Å². The van der Waals surface area contributed by atoms with E-state index in [0.29, 0.717) is 6.29 Å². The van der Waals surface area contributed by atoms with Crippen molar-refractivity contribution in [1.29, 1.82) is 0 Å². The first kappa shape index (κ1) is 8.16. The van der Waals surface area contributed by atoms with Crippen LogP contribution in [-0.4, -0.2) is 11.2 Å². The normalized spacial score (nSPS) is 9.55. The van der Waals surface area contributed by atoms with Crippen molar-refractivity contribution < 1.29 is 9.72 Å². The van der Waals surface area contributed by atoms with E-state index in [1.807, 2.05) is 0 Å². The SMILES string of the molecule is O=Cc1cc(Cl)c([N+](=O)[O-])s1. The molecule has 6 heteroatoms. The van der Waals surface area contributed by atoms with Crippen molar-refractivity contribution in [1.82, 2.24) is 0 Å². The van der Waals surface area contributed by atoms with Crippen LogP contribution in [-0.2, 0) is 0 Å². The Hall–Kier alpha value is -0.940. The largest absolute Gasteiger partial charge is 0.343 e. The van der Waals surface area contributed by atoms with Crippen LogP contribution in [0.25, 0.3) is 0 Å². The molecule has 0 unspecified atom stereocenters. The summed E-state index contributed by atoms with van der Waals surface area (Å²) in [4.78, 5) is 19.9. The lowest BCUT2D eigenvalue weighted by Gasteiger charge is -1.81. The van der Waals surface area contributed by atoms with Crippen LogP contribution < -0.4 is 0 Å². The third-order valence-electron chi connectivity index (χ3n) is 0.970. The first-order valence-corrected chi connectivity index (χ1v) is 3.73. The van der Waals surface area contributed by atoms with E-state index >= 15 is 0 Å². The Labute approximate surface area is 70.6 Å². The van der Waals surface area contributed by atoms with Crippen LogP contribution in [0.2, 0.25) is 5.02 Å². The van der Waals surface area contributed by atoms with Gasteiger partial charge < -0.3 is 0 Å². The molecule has 0 atom stereocenters. The third-order valence-corrected chi connectivity index (χ3v) is 2.38. The van der Waals surface area contributed by atoms with E-state index in [-0.39, 0.29) is 14.9 Å². The van der Waals surface area contributed by atoms with E-state index in [4.69, 9.17) is 11.6 Å². The molecule has 0 spiro atoms. The molecular formula is C5H2ClNO3S. The third kappa shape index (κ3) is 1.55. The lowest BCUT2D eigenvalue weighted by molar-refractivity contribution is -0.380. The van der Waals surface area contributed by atoms with Gasteiger partial charge in [-0.1, -0.05) is 22.9 Å². The molecule has 0 aliphatic heterocycles. The van der Waals surface area contributed by atoms with Gasteiger partial charge in [-0.25, -0.2) is 0 Å². The lowest BCUT2D eigenvalue weighted by atomic mass is 10.5. The first-order valence-electron chi connectivity index (χ1n) is 2.54. The van der Waals surface area contributed by atoms with Gasteiger partial charge >= 0.3 is 5.00 Å². The maximum absolute atomic E-state index is 10.2. The number of carbonyl (C=O) groups is 1. The molecule has 58 valence electrons.